The molecule has 0 saturated heterocycles. The first-order valence-corrected chi connectivity index (χ1v) is 11.1. The van der Waals surface area contributed by atoms with E-state index in [1.807, 2.05) is 48.9 Å². The predicted octanol–water partition coefficient (Wildman–Crippen LogP) is 4.05. The van der Waals surface area contributed by atoms with E-state index < -0.39 is 0 Å². The Morgan fingerprint density at radius 2 is 1.94 bits per heavy atom. The molecule has 0 N–H and O–H groups in total. The van der Waals surface area contributed by atoms with Gasteiger partial charge in [0.25, 0.3) is 0 Å². The molecule has 0 bridgehead atoms. The average molecular weight is 497 g/mol. The standard InChI is InChI=1S/C23H25BrN6O2/c1-5-29-20(19(24)12-26-29)13-28(3)21(31)14-30-23-22(15(2)27-30)18(10-11-25-23)16-6-8-17(32-4)9-7-16/h6-12H,5,13-14H2,1-4H3. The molecule has 3 heterocycles. The predicted molar refractivity (Wildman–Crippen MR) is 126 cm³/mol. The topological polar surface area (TPSA) is 78.1 Å². The van der Waals surface area contributed by atoms with Crippen molar-refractivity contribution in [3.63, 3.8) is 0 Å². The molecule has 3 aromatic heterocycles. The molecule has 4 aromatic rings. The van der Waals surface area contributed by atoms with Gasteiger partial charge in [0.15, 0.2) is 5.65 Å². The Balaban J connectivity index is 1.61. The fourth-order valence-corrected chi connectivity index (χ4v) is 4.20. The number of fused-ring (bicyclic) bond motifs is 1. The van der Waals surface area contributed by atoms with E-state index in [9.17, 15) is 4.79 Å². The van der Waals surface area contributed by atoms with Crippen LogP contribution in [0.15, 0.2) is 47.2 Å². The molecule has 8 nitrogen and oxygen atoms in total. The summed E-state index contributed by atoms with van der Waals surface area (Å²) in [6, 6.07) is 9.86. The molecular weight excluding hydrogens is 472 g/mol. The number of hydrogen-bond acceptors (Lipinski definition) is 5. The van der Waals surface area contributed by atoms with Crippen molar-refractivity contribution in [3.8, 4) is 16.9 Å². The highest BCUT2D eigenvalue weighted by Gasteiger charge is 2.19. The van der Waals surface area contributed by atoms with Crippen molar-refractivity contribution >= 4 is 32.9 Å². The van der Waals surface area contributed by atoms with Gasteiger partial charge in [-0.25, -0.2) is 9.67 Å². The van der Waals surface area contributed by atoms with E-state index in [2.05, 4.69) is 31.1 Å². The van der Waals surface area contributed by atoms with Crippen LogP contribution in [-0.2, 0) is 24.4 Å². The zero-order valence-corrected chi connectivity index (χ0v) is 20.1. The first-order chi connectivity index (χ1) is 15.4. The van der Waals surface area contributed by atoms with Crippen LogP contribution < -0.4 is 4.74 Å². The molecule has 1 amide bonds. The average Bonchev–Trinajstić information content (AvgIpc) is 3.32. The third kappa shape index (κ3) is 4.12. The van der Waals surface area contributed by atoms with Crippen molar-refractivity contribution < 1.29 is 9.53 Å². The van der Waals surface area contributed by atoms with Gasteiger partial charge in [0.1, 0.15) is 12.3 Å². The quantitative estimate of drug-likeness (QED) is 0.385. The van der Waals surface area contributed by atoms with Crippen molar-refractivity contribution in [2.24, 2.45) is 0 Å². The number of ether oxygens (including phenoxy) is 1. The van der Waals surface area contributed by atoms with E-state index in [-0.39, 0.29) is 12.5 Å². The Kier molecular flexibility index (Phi) is 6.27. The summed E-state index contributed by atoms with van der Waals surface area (Å²) in [5, 5.41) is 9.90. The lowest BCUT2D eigenvalue weighted by atomic mass is 10.0. The number of nitrogens with zero attached hydrogens (tertiary/aromatic N) is 6. The van der Waals surface area contributed by atoms with E-state index >= 15 is 0 Å². The molecule has 166 valence electrons. The number of amides is 1. The lowest BCUT2D eigenvalue weighted by Gasteiger charge is -2.18. The van der Waals surface area contributed by atoms with Gasteiger partial charge in [-0.1, -0.05) is 12.1 Å². The van der Waals surface area contributed by atoms with Crippen LogP contribution in [0.2, 0.25) is 0 Å². The number of hydrogen-bond donors (Lipinski definition) is 0. The maximum Gasteiger partial charge on any atom is 0.244 e. The summed E-state index contributed by atoms with van der Waals surface area (Å²) in [7, 11) is 3.44. The molecule has 0 radical (unpaired) electrons. The molecule has 0 unspecified atom stereocenters. The van der Waals surface area contributed by atoms with Gasteiger partial charge in [-0.15, -0.1) is 0 Å². The molecule has 0 aliphatic carbocycles. The van der Waals surface area contributed by atoms with E-state index in [4.69, 9.17) is 4.74 Å². The zero-order valence-electron chi connectivity index (χ0n) is 18.5. The Morgan fingerprint density at radius 1 is 1.19 bits per heavy atom. The first-order valence-electron chi connectivity index (χ1n) is 10.3. The Hall–Kier alpha value is -3.20. The van der Waals surface area contributed by atoms with Crippen LogP contribution in [0.1, 0.15) is 18.3 Å². The first kappa shape index (κ1) is 22.0. The van der Waals surface area contributed by atoms with Crippen molar-refractivity contribution in [1.29, 1.82) is 0 Å². The lowest BCUT2D eigenvalue weighted by Crippen LogP contribution is -2.31. The molecule has 1 aromatic carbocycles. The molecule has 0 saturated carbocycles. The van der Waals surface area contributed by atoms with Crippen LogP contribution in [0.25, 0.3) is 22.2 Å². The van der Waals surface area contributed by atoms with Gasteiger partial charge in [-0.2, -0.15) is 10.2 Å². The van der Waals surface area contributed by atoms with E-state index in [1.54, 1.807) is 36.1 Å². The monoisotopic (exact) mass is 496 g/mol. The van der Waals surface area contributed by atoms with Gasteiger partial charge in [0, 0.05) is 25.2 Å². The number of likely N-dealkylation sites (N-methyl/N-ethyl adjacent to an activating group) is 1. The molecule has 4 rings (SSSR count). The fraction of sp³-hybridized carbons (Fsp3) is 0.304. The molecule has 9 heteroatoms. The minimum atomic E-state index is -0.0539. The van der Waals surface area contributed by atoms with Crippen LogP contribution >= 0.6 is 15.9 Å². The summed E-state index contributed by atoms with van der Waals surface area (Å²) in [6.07, 6.45) is 3.51. The van der Waals surface area contributed by atoms with Crippen LogP contribution in [0.3, 0.4) is 0 Å². The third-order valence-corrected chi connectivity index (χ3v) is 6.17. The van der Waals surface area contributed by atoms with Gasteiger partial charge in [-0.3, -0.25) is 9.48 Å². The van der Waals surface area contributed by atoms with Gasteiger partial charge in [-0.05, 0) is 59.1 Å². The van der Waals surface area contributed by atoms with Gasteiger partial charge in [0.05, 0.1) is 35.7 Å². The van der Waals surface area contributed by atoms with Gasteiger partial charge in [0.2, 0.25) is 5.91 Å². The highest BCUT2D eigenvalue weighted by molar-refractivity contribution is 9.10. The summed E-state index contributed by atoms with van der Waals surface area (Å²) < 4.78 is 9.72. The maximum atomic E-state index is 13.0. The Labute approximate surface area is 194 Å². The number of carbonyl (C=O) groups excluding carboxylic acids is 1. The molecular formula is C23H25BrN6O2. The second-order valence-corrected chi connectivity index (χ2v) is 8.39. The molecule has 0 spiro atoms. The summed E-state index contributed by atoms with van der Waals surface area (Å²) in [5.74, 6) is 0.748. The second-order valence-electron chi connectivity index (χ2n) is 7.53. The fourth-order valence-electron chi connectivity index (χ4n) is 3.78. The largest absolute Gasteiger partial charge is 0.497 e. The van der Waals surface area contributed by atoms with E-state index in [0.717, 1.165) is 44.7 Å². The molecule has 32 heavy (non-hydrogen) atoms. The van der Waals surface area contributed by atoms with Crippen molar-refractivity contribution in [1.82, 2.24) is 29.4 Å². The number of methoxy groups -OCH3 is 1. The van der Waals surface area contributed by atoms with Gasteiger partial charge >= 0.3 is 0 Å². The number of aromatic nitrogens is 5. The summed E-state index contributed by atoms with van der Waals surface area (Å²) in [5.41, 5.74) is 4.56. The van der Waals surface area contributed by atoms with Crippen LogP contribution in [0.5, 0.6) is 5.75 Å². The molecule has 0 fully saturated rings. The molecule has 0 aliphatic heterocycles. The van der Waals surface area contributed by atoms with Crippen LogP contribution in [0, 0.1) is 6.92 Å². The SMILES string of the molecule is CCn1ncc(Br)c1CN(C)C(=O)Cn1nc(C)c2c(-c3ccc(OC)cc3)ccnc21. The minimum absolute atomic E-state index is 0.0539. The van der Waals surface area contributed by atoms with Crippen molar-refractivity contribution in [2.45, 2.75) is 33.5 Å². The Morgan fingerprint density at radius 3 is 2.62 bits per heavy atom. The van der Waals surface area contributed by atoms with Crippen LogP contribution in [-0.4, -0.2) is 49.5 Å². The minimum Gasteiger partial charge on any atom is -0.497 e. The van der Waals surface area contributed by atoms with Crippen molar-refractivity contribution in [2.75, 3.05) is 14.2 Å². The van der Waals surface area contributed by atoms with Crippen LogP contribution in [0.4, 0.5) is 0 Å². The normalized spacial score (nSPS) is 11.2. The molecule has 0 aliphatic rings. The number of carbonyl (C=O) groups is 1. The number of pyridine rings is 1. The Bertz CT molecular complexity index is 1260. The summed E-state index contributed by atoms with van der Waals surface area (Å²) >= 11 is 3.52. The summed E-state index contributed by atoms with van der Waals surface area (Å²) in [4.78, 5) is 19.2. The highest BCUT2D eigenvalue weighted by atomic mass is 79.9. The number of rotatable bonds is 7. The highest BCUT2D eigenvalue weighted by Crippen LogP contribution is 2.31. The zero-order chi connectivity index (χ0) is 22.8. The second kappa shape index (κ2) is 9.12. The smallest absolute Gasteiger partial charge is 0.244 e. The molecule has 0 atom stereocenters. The van der Waals surface area contributed by atoms with E-state index in [1.165, 1.54) is 0 Å². The number of benzene rings is 1. The third-order valence-electron chi connectivity index (χ3n) is 5.50. The van der Waals surface area contributed by atoms with Crippen molar-refractivity contribution in [3.05, 3.63) is 58.6 Å². The summed E-state index contributed by atoms with van der Waals surface area (Å²) in [6.45, 7) is 5.27. The number of halogens is 1. The van der Waals surface area contributed by atoms with Gasteiger partial charge < -0.3 is 9.64 Å². The maximum absolute atomic E-state index is 13.0. The van der Waals surface area contributed by atoms with E-state index in [0.29, 0.717) is 12.2 Å². The lowest BCUT2D eigenvalue weighted by molar-refractivity contribution is -0.131. The number of aryl methyl sites for hydroxylation is 2.